The fourth-order valence-electron chi connectivity index (χ4n) is 6.93. The predicted molar refractivity (Wildman–Crippen MR) is 150 cm³/mol. The zero-order valence-corrected chi connectivity index (χ0v) is 22.9. The van der Waals surface area contributed by atoms with Crippen LogP contribution in [0.4, 0.5) is 0 Å². The van der Waals surface area contributed by atoms with Crippen LogP contribution in [0, 0.1) is 11.8 Å². The Bertz CT molecular complexity index is 1080. The number of ether oxygens (including phenoxy) is 2. The maximum absolute atomic E-state index is 6.26. The van der Waals surface area contributed by atoms with Gasteiger partial charge in [0, 0.05) is 18.2 Å². The molecule has 0 amide bonds. The first kappa shape index (κ1) is 25.4. The van der Waals surface area contributed by atoms with Crippen LogP contribution in [-0.4, -0.2) is 31.1 Å². The van der Waals surface area contributed by atoms with E-state index in [0.29, 0.717) is 12.5 Å². The smallest absolute Gasteiger partial charge is 0.125 e. The molecule has 3 nitrogen and oxygen atoms in total. The highest BCUT2D eigenvalue weighted by Gasteiger charge is 2.33. The van der Waals surface area contributed by atoms with Gasteiger partial charge in [-0.3, -0.25) is 4.90 Å². The number of allylic oxidation sites excluding steroid dienone is 1. The molecule has 194 valence electrons. The van der Waals surface area contributed by atoms with Gasteiger partial charge >= 0.3 is 0 Å². The number of nitrogens with zero attached hydrogens (tertiary/aromatic N) is 1. The van der Waals surface area contributed by atoms with Crippen molar-refractivity contribution in [2.24, 2.45) is 11.8 Å². The summed E-state index contributed by atoms with van der Waals surface area (Å²) in [6.45, 7) is 9.84. The molecule has 1 saturated heterocycles. The molecule has 0 radical (unpaired) electrons. The lowest BCUT2D eigenvalue weighted by atomic mass is 9.77. The molecular formula is C33H45NO2. The van der Waals surface area contributed by atoms with Gasteiger partial charge in [0.05, 0.1) is 7.11 Å². The van der Waals surface area contributed by atoms with Crippen LogP contribution in [0.2, 0.25) is 0 Å². The summed E-state index contributed by atoms with van der Waals surface area (Å²) in [5, 5.41) is 0. The molecule has 1 heterocycles. The van der Waals surface area contributed by atoms with Crippen LogP contribution in [0.5, 0.6) is 11.5 Å². The summed E-state index contributed by atoms with van der Waals surface area (Å²) in [4.78, 5) is 2.84. The van der Waals surface area contributed by atoms with E-state index in [0.717, 1.165) is 41.9 Å². The molecule has 2 fully saturated rings. The average Bonchev–Trinajstić information content (AvgIpc) is 2.89. The van der Waals surface area contributed by atoms with E-state index in [4.69, 9.17) is 9.47 Å². The summed E-state index contributed by atoms with van der Waals surface area (Å²) in [6.07, 6.45) is 12.0. The number of hydrogen-bond donors (Lipinski definition) is 0. The third-order valence-electron chi connectivity index (χ3n) is 8.85. The molecule has 2 unspecified atom stereocenters. The van der Waals surface area contributed by atoms with Gasteiger partial charge in [-0.2, -0.15) is 0 Å². The number of likely N-dealkylation sites (tertiary alicyclic amines) is 1. The maximum Gasteiger partial charge on any atom is 0.125 e. The van der Waals surface area contributed by atoms with Gasteiger partial charge in [-0.1, -0.05) is 50.5 Å². The monoisotopic (exact) mass is 487 g/mol. The van der Waals surface area contributed by atoms with Crippen molar-refractivity contribution in [1.29, 1.82) is 0 Å². The highest BCUT2D eigenvalue weighted by atomic mass is 16.5. The SMILES string of the molecule is COc1cc(CC(C)C)ccc1COc1ccc2c(c1)CCC(CN1CCCC3CCCCC31)=C2C. The molecule has 0 bridgehead atoms. The first-order valence-electron chi connectivity index (χ1n) is 14.4. The van der Waals surface area contributed by atoms with Gasteiger partial charge in [0.1, 0.15) is 18.1 Å². The fourth-order valence-corrected chi connectivity index (χ4v) is 6.93. The lowest BCUT2D eigenvalue weighted by molar-refractivity contribution is 0.0684. The summed E-state index contributed by atoms with van der Waals surface area (Å²) in [6, 6.07) is 14.1. The predicted octanol–water partition coefficient (Wildman–Crippen LogP) is 7.85. The standard InChI is InChI=1S/C33H45NO2/c1-23(2)18-25-11-12-29(33(19-25)35-4)22-36-30-15-16-31-24(3)28(14-13-27(31)20-30)21-34-17-7-9-26-8-5-6-10-32(26)34/h11-12,15-16,19-20,23,26,32H,5-10,13-14,17-18,21-22H2,1-4H3. The second kappa shape index (κ2) is 11.4. The van der Waals surface area contributed by atoms with Crippen molar-refractivity contribution < 1.29 is 9.47 Å². The van der Waals surface area contributed by atoms with Gasteiger partial charge < -0.3 is 9.47 Å². The van der Waals surface area contributed by atoms with Gasteiger partial charge in [0.2, 0.25) is 0 Å². The average molecular weight is 488 g/mol. The normalized spacial score (nSPS) is 22.4. The molecule has 3 heteroatoms. The van der Waals surface area contributed by atoms with Crippen molar-refractivity contribution in [2.75, 3.05) is 20.2 Å². The summed E-state index contributed by atoms with van der Waals surface area (Å²) < 4.78 is 11.9. The highest BCUT2D eigenvalue weighted by molar-refractivity contribution is 5.72. The zero-order chi connectivity index (χ0) is 25.1. The van der Waals surface area contributed by atoms with Crippen molar-refractivity contribution >= 4 is 5.57 Å². The molecule has 2 aromatic carbocycles. The minimum atomic E-state index is 0.529. The van der Waals surface area contributed by atoms with Crippen molar-refractivity contribution in [2.45, 2.75) is 91.2 Å². The number of methoxy groups -OCH3 is 1. The number of rotatable bonds is 8. The Hall–Kier alpha value is -2.26. The van der Waals surface area contributed by atoms with Crippen molar-refractivity contribution in [3.63, 3.8) is 0 Å². The summed E-state index contributed by atoms with van der Waals surface area (Å²) in [5.41, 5.74) is 8.44. The largest absolute Gasteiger partial charge is 0.496 e. The first-order valence-corrected chi connectivity index (χ1v) is 14.4. The Balaban J connectivity index is 1.25. The van der Waals surface area contributed by atoms with Crippen molar-refractivity contribution in [1.82, 2.24) is 4.90 Å². The van der Waals surface area contributed by atoms with Gasteiger partial charge in [-0.15, -0.1) is 0 Å². The van der Waals surface area contributed by atoms with Crippen LogP contribution in [0.1, 0.15) is 88.0 Å². The van der Waals surface area contributed by atoms with Crippen molar-refractivity contribution in [3.05, 3.63) is 64.2 Å². The summed E-state index contributed by atoms with van der Waals surface area (Å²) in [7, 11) is 1.75. The number of benzene rings is 2. The molecule has 0 spiro atoms. The molecule has 2 atom stereocenters. The lowest BCUT2D eigenvalue weighted by Crippen LogP contribution is -2.47. The van der Waals surface area contributed by atoms with Crippen LogP contribution in [0.15, 0.2) is 42.0 Å². The van der Waals surface area contributed by atoms with E-state index < -0.39 is 0 Å². The van der Waals surface area contributed by atoms with Gasteiger partial charge in [0.15, 0.2) is 0 Å². The van der Waals surface area contributed by atoms with Crippen LogP contribution >= 0.6 is 0 Å². The van der Waals surface area contributed by atoms with Gasteiger partial charge in [-0.25, -0.2) is 0 Å². The second-order valence-electron chi connectivity index (χ2n) is 11.8. The molecule has 0 aromatic heterocycles. The minimum Gasteiger partial charge on any atom is -0.496 e. The van der Waals surface area contributed by atoms with Crippen LogP contribution in [-0.2, 0) is 19.4 Å². The van der Waals surface area contributed by atoms with E-state index >= 15 is 0 Å². The Kier molecular flexibility index (Phi) is 8.06. The van der Waals surface area contributed by atoms with Crippen molar-refractivity contribution in [3.8, 4) is 11.5 Å². The van der Waals surface area contributed by atoms with E-state index in [1.54, 1.807) is 12.7 Å². The topological polar surface area (TPSA) is 21.7 Å². The Morgan fingerprint density at radius 1 is 0.972 bits per heavy atom. The number of fused-ring (bicyclic) bond motifs is 2. The molecule has 2 aliphatic carbocycles. The Morgan fingerprint density at radius 3 is 2.64 bits per heavy atom. The van der Waals surface area contributed by atoms with Gasteiger partial charge in [-0.05, 0) is 111 Å². The van der Waals surface area contributed by atoms with E-state index in [-0.39, 0.29) is 0 Å². The number of hydrogen-bond acceptors (Lipinski definition) is 3. The van der Waals surface area contributed by atoms with Gasteiger partial charge in [0.25, 0.3) is 0 Å². The van der Waals surface area contributed by atoms with E-state index in [9.17, 15) is 0 Å². The molecular weight excluding hydrogens is 442 g/mol. The molecule has 0 N–H and O–H groups in total. The van der Waals surface area contributed by atoms with Crippen LogP contribution in [0.25, 0.3) is 5.57 Å². The highest BCUT2D eigenvalue weighted by Crippen LogP contribution is 2.38. The maximum atomic E-state index is 6.26. The molecule has 5 rings (SSSR count). The van der Waals surface area contributed by atoms with E-state index in [1.807, 2.05) is 0 Å². The van der Waals surface area contributed by atoms with E-state index in [2.05, 4.69) is 62.1 Å². The second-order valence-corrected chi connectivity index (χ2v) is 11.8. The van der Waals surface area contributed by atoms with Crippen LogP contribution < -0.4 is 9.47 Å². The Morgan fingerprint density at radius 2 is 1.81 bits per heavy atom. The minimum absolute atomic E-state index is 0.529. The van der Waals surface area contributed by atoms with Crippen LogP contribution in [0.3, 0.4) is 0 Å². The lowest BCUT2D eigenvalue weighted by Gasteiger charge is -2.45. The summed E-state index contributed by atoms with van der Waals surface area (Å²) >= 11 is 0. The molecule has 1 aliphatic heterocycles. The Labute approximate surface area is 218 Å². The molecule has 36 heavy (non-hydrogen) atoms. The third-order valence-corrected chi connectivity index (χ3v) is 8.85. The quantitative estimate of drug-likeness (QED) is 0.378. The third kappa shape index (κ3) is 5.67. The number of piperidine rings is 1. The van der Waals surface area contributed by atoms with E-state index in [1.165, 1.54) is 80.3 Å². The number of aryl methyl sites for hydroxylation is 1. The molecule has 2 aromatic rings. The zero-order valence-electron chi connectivity index (χ0n) is 22.9. The molecule has 3 aliphatic rings. The summed E-state index contributed by atoms with van der Waals surface area (Å²) in [5.74, 6) is 3.47. The fraction of sp³-hybridized carbons (Fsp3) is 0.576. The first-order chi connectivity index (χ1) is 17.5. The molecule has 1 saturated carbocycles.